The molecule has 0 aliphatic carbocycles. The minimum atomic E-state index is -0.865. The molecule has 88 valence electrons. The van der Waals surface area contributed by atoms with Crippen molar-refractivity contribution in [1.29, 1.82) is 0 Å². The number of carbonyl (C=O) groups excluding carboxylic acids is 1. The lowest BCUT2D eigenvalue weighted by Gasteiger charge is -2.17. The molecule has 0 bridgehead atoms. The Morgan fingerprint density at radius 1 is 1.44 bits per heavy atom. The highest BCUT2D eigenvalue weighted by atomic mass is 35.5. The fourth-order valence-electron chi connectivity index (χ4n) is 1.35. The number of ether oxygens (including phenoxy) is 1. The first-order valence-electron chi connectivity index (χ1n) is 5.16. The highest BCUT2D eigenvalue weighted by Crippen LogP contribution is 2.24. The zero-order valence-corrected chi connectivity index (χ0v) is 10.1. The van der Waals surface area contributed by atoms with Gasteiger partial charge in [-0.1, -0.05) is 23.7 Å². The zero-order chi connectivity index (χ0) is 12.1. The van der Waals surface area contributed by atoms with Crippen molar-refractivity contribution in [3.8, 4) is 0 Å². The summed E-state index contributed by atoms with van der Waals surface area (Å²) in [5.41, 5.74) is 0.657. The van der Waals surface area contributed by atoms with Gasteiger partial charge in [0.25, 0.3) is 0 Å². The van der Waals surface area contributed by atoms with Gasteiger partial charge >= 0.3 is 5.97 Å². The summed E-state index contributed by atoms with van der Waals surface area (Å²) in [6, 6.07) is 6.75. The molecule has 0 unspecified atom stereocenters. The minimum Gasteiger partial charge on any atom is -0.466 e. The SMILES string of the molecule is CCOC(=O)[C@H](C)[C@@H](O)c1ccc(Cl)cc1. The maximum Gasteiger partial charge on any atom is 0.311 e. The van der Waals surface area contributed by atoms with Crippen molar-refractivity contribution >= 4 is 17.6 Å². The van der Waals surface area contributed by atoms with Crippen molar-refractivity contribution in [2.24, 2.45) is 5.92 Å². The molecular weight excluding hydrogens is 228 g/mol. The number of carbonyl (C=O) groups is 1. The largest absolute Gasteiger partial charge is 0.466 e. The van der Waals surface area contributed by atoms with E-state index in [4.69, 9.17) is 16.3 Å². The Morgan fingerprint density at radius 3 is 2.50 bits per heavy atom. The average Bonchev–Trinajstić information content (AvgIpc) is 2.28. The molecule has 4 heteroatoms. The number of hydrogen-bond donors (Lipinski definition) is 1. The molecule has 1 aromatic carbocycles. The van der Waals surface area contributed by atoms with Crippen molar-refractivity contribution in [2.75, 3.05) is 6.61 Å². The predicted octanol–water partition coefficient (Wildman–Crippen LogP) is 2.57. The molecule has 0 saturated heterocycles. The van der Waals surface area contributed by atoms with Gasteiger partial charge in [0.05, 0.1) is 18.6 Å². The molecule has 0 aromatic heterocycles. The molecule has 0 aliphatic heterocycles. The van der Waals surface area contributed by atoms with Crippen LogP contribution in [0.5, 0.6) is 0 Å². The van der Waals surface area contributed by atoms with E-state index in [9.17, 15) is 9.90 Å². The number of esters is 1. The van der Waals surface area contributed by atoms with Crippen LogP contribution in [0.4, 0.5) is 0 Å². The van der Waals surface area contributed by atoms with Gasteiger partial charge in [-0.2, -0.15) is 0 Å². The topological polar surface area (TPSA) is 46.5 Å². The third-order valence-electron chi connectivity index (χ3n) is 2.34. The number of rotatable bonds is 4. The van der Waals surface area contributed by atoms with Gasteiger partial charge < -0.3 is 9.84 Å². The smallest absolute Gasteiger partial charge is 0.311 e. The number of hydrogen-bond acceptors (Lipinski definition) is 3. The van der Waals surface area contributed by atoms with E-state index < -0.39 is 18.0 Å². The molecule has 0 spiro atoms. The van der Waals surface area contributed by atoms with Crippen LogP contribution >= 0.6 is 11.6 Å². The standard InChI is InChI=1S/C12H15ClO3/c1-3-16-12(15)8(2)11(14)9-4-6-10(13)7-5-9/h4-8,11,14H,3H2,1-2H3/t8-,11-/m1/s1. The summed E-state index contributed by atoms with van der Waals surface area (Å²) in [7, 11) is 0. The summed E-state index contributed by atoms with van der Waals surface area (Å²) in [6.45, 7) is 3.69. The van der Waals surface area contributed by atoms with Gasteiger partial charge in [0, 0.05) is 5.02 Å². The van der Waals surface area contributed by atoms with Crippen molar-refractivity contribution in [3.05, 3.63) is 34.9 Å². The summed E-state index contributed by atoms with van der Waals surface area (Å²) in [5.74, 6) is -0.980. The monoisotopic (exact) mass is 242 g/mol. The maximum absolute atomic E-state index is 11.4. The van der Waals surface area contributed by atoms with Crippen LogP contribution in [0.25, 0.3) is 0 Å². The first kappa shape index (κ1) is 13.0. The fourth-order valence-corrected chi connectivity index (χ4v) is 1.48. The van der Waals surface area contributed by atoms with Crippen LogP contribution in [0.1, 0.15) is 25.5 Å². The highest BCUT2D eigenvalue weighted by molar-refractivity contribution is 6.30. The highest BCUT2D eigenvalue weighted by Gasteiger charge is 2.24. The van der Waals surface area contributed by atoms with Crippen molar-refractivity contribution in [2.45, 2.75) is 20.0 Å². The maximum atomic E-state index is 11.4. The minimum absolute atomic E-state index is 0.316. The second kappa shape index (κ2) is 5.87. The van der Waals surface area contributed by atoms with Gasteiger partial charge in [-0.3, -0.25) is 4.79 Å². The van der Waals surface area contributed by atoms with E-state index in [1.807, 2.05) is 0 Å². The van der Waals surface area contributed by atoms with Gasteiger partial charge in [-0.05, 0) is 31.5 Å². The second-order valence-corrected chi connectivity index (χ2v) is 3.97. The molecule has 2 atom stereocenters. The van der Waals surface area contributed by atoms with Crippen molar-refractivity contribution in [3.63, 3.8) is 0 Å². The first-order chi connectivity index (χ1) is 7.56. The Balaban J connectivity index is 2.73. The van der Waals surface area contributed by atoms with Crippen molar-refractivity contribution < 1.29 is 14.6 Å². The van der Waals surface area contributed by atoms with Gasteiger partial charge in [0.1, 0.15) is 0 Å². The van der Waals surface area contributed by atoms with Crippen LogP contribution in [-0.4, -0.2) is 17.7 Å². The summed E-state index contributed by atoms with van der Waals surface area (Å²) < 4.78 is 4.85. The molecule has 0 amide bonds. The van der Waals surface area contributed by atoms with Gasteiger partial charge in [0.15, 0.2) is 0 Å². The predicted molar refractivity (Wildman–Crippen MR) is 62.2 cm³/mol. The van der Waals surface area contributed by atoms with Crippen LogP contribution in [0, 0.1) is 5.92 Å². The van der Waals surface area contributed by atoms with Crippen LogP contribution in [-0.2, 0) is 9.53 Å². The number of halogens is 1. The van der Waals surface area contributed by atoms with E-state index in [1.165, 1.54) is 0 Å². The number of benzene rings is 1. The van der Waals surface area contributed by atoms with Gasteiger partial charge in [0.2, 0.25) is 0 Å². The van der Waals surface area contributed by atoms with E-state index in [0.29, 0.717) is 17.2 Å². The van der Waals surface area contributed by atoms with Crippen LogP contribution in [0.3, 0.4) is 0 Å². The molecule has 0 heterocycles. The molecule has 0 radical (unpaired) electrons. The summed E-state index contributed by atoms with van der Waals surface area (Å²) >= 11 is 5.73. The van der Waals surface area contributed by atoms with E-state index in [-0.39, 0.29) is 0 Å². The van der Waals surface area contributed by atoms with E-state index in [1.54, 1.807) is 38.1 Å². The molecule has 0 aliphatic rings. The molecule has 0 fully saturated rings. The molecule has 1 rings (SSSR count). The van der Waals surface area contributed by atoms with Gasteiger partial charge in [-0.25, -0.2) is 0 Å². The Hall–Kier alpha value is -1.06. The molecule has 1 aromatic rings. The fraction of sp³-hybridized carbons (Fsp3) is 0.417. The van der Waals surface area contributed by atoms with Crippen molar-refractivity contribution in [1.82, 2.24) is 0 Å². The molecule has 1 N–H and O–H groups in total. The van der Waals surface area contributed by atoms with Crippen LogP contribution in [0.15, 0.2) is 24.3 Å². The lowest BCUT2D eigenvalue weighted by Crippen LogP contribution is -2.21. The quantitative estimate of drug-likeness (QED) is 0.826. The number of aliphatic hydroxyl groups is 1. The third kappa shape index (κ3) is 3.22. The Bertz CT molecular complexity index is 348. The number of aliphatic hydroxyl groups excluding tert-OH is 1. The average molecular weight is 243 g/mol. The third-order valence-corrected chi connectivity index (χ3v) is 2.60. The summed E-state index contributed by atoms with van der Waals surface area (Å²) in [6.07, 6.45) is -0.865. The van der Waals surface area contributed by atoms with Gasteiger partial charge in [-0.15, -0.1) is 0 Å². The Kier molecular flexibility index (Phi) is 4.77. The molecule has 0 saturated carbocycles. The van der Waals surface area contributed by atoms with Crippen LogP contribution in [0.2, 0.25) is 5.02 Å². The summed E-state index contributed by atoms with van der Waals surface area (Å²) in [5, 5.41) is 10.5. The van der Waals surface area contributed by atoms with Crippen LogP contribution < -0.4 is 0 Å². The normalized spacial score (nSPS) is 14.2. The van der Waals surface area contributed by atoms with E-state index >= 15 is 0 Å². The second-order valence-electron chi connectivity index (χ2n) is 3.54. The molecule has 3 nitrogen and oxygen atoms in total. The lowest BCUT2D eigenvalue weighted by molar-refractivity contribution is -0.151. The zero-order valence-electron chi connectivity index (χ0n) is 9.31. The Morgan fingerprint density at radius 2 is 2.00 bits per heavy atom. The first-order valence-corrected chi connectivity index (χ1v) is 5.54. The van der Waals surface area contributed by atoms with E-state index in [0.717, 1.165) is 0 Å². The molecule has 16 heavy (non-hydrogen) atoms. The molecular formula is C12H15ClO3. The Labute approximate surface area is 100.0 Å². The lowest BCUT2D eigenvalue weighted by atomic mass is 9.98. The van der Waals surface area contributed by atoms with E-state index in [2.05, 4.69) is 0 Å². The summed E-state index contributed by atoms with van der Waals surface area (Å²) in [4.78, 5) is 11.4.